The zero-order valence-corrected chi connectivity index (χ0v) is 11.6. The first-order chi connectivity index (χ1) is 9.68. The van der Waals surface area contributed by atoms with Crippen LogP contribution in [0.4, 0.5) is 17.6 Å². The van der Waals surface area contributed by atoms with Crippen LogP contribution in [0.15, 0.2) is 36.4 Å². The minimum Gasteiger partial charge on any atom is -0.384 e. The molecule has 0 bridgehead atoms. The molecule has 0 aliphatic carbocycles. The van der Waals surface area contributed by atoms with E-state index in [1.807, 2.05) is 0 Å². The Hall–Kier alpha value is -1.59. The maximum Gasteiger partial charge on any atom is 0.419 e. The smallest absolute Gasteiger partial charge is 0.384 e. The van der Waals surface area contributed by atoms with E-state index < -0.39 is 23.7 Å². The first kappa shape index (κ1) is 15.8. The maximum absolute atomic E-state index is 13.5. The third-order valence-electron chi connectivity index (χ3n) is 2.99. The molecule has 1 N–H and O–H groups in total. The maximum atomic E-state index is 13.5. The van der Waals surface area contributed by atoms with Gasteiger partial charge in [-0.05, 0) is 47.9 Å². The van der Waals surface area contributed by atoms with Gasteiger partial charge in [0.15, 0.2) is 0 Å². The molecule has 1 atom stereocenters. The van der Waals surface area contributed by atoms with Crippen LogP contribution in [-0.2, 0) is 6.18 Å². The summed E-state index contributed by atoms with van der Waals surface area (Å²) in [5, 5.41) is 10.5. The first-order valence-electron chi connectivity index (χ1n) is 6.00. The van der Waals surface area contributed by atoms with Gasteiger partial charge in [-0.1, -0.05) is 23.7 Å². The lowest BCUT2D eigenvalue weighted by Gasteiger charge is -2.15. The summed E-state index contributed by atoms with van der Waals surface area (Å²) in [5.41, 5.74) is -0.161. The van der Waals surface area contributed by atoms with Crippen molar-refractivity contribution in [1.82, 2.24) is 0 Å². The standard InChI is InChI=1S/C15H11ClF4O/c1-8-4-10(6-11(16)5-8)14(21)9-2-3-12(13(17)7-9)15(18,19)20/h2-7,14,21H,1H3. The molecule has 6 heteroatoms. The normalized spacial score (nSPS) is 13.3. The monoisotopic (exact) mass is 318 g/mol. The van der Waals surface area contributed by atoms with Crippen molar-refractivity contribution in [1.29, 1.82) is 0 Å². The lowest BCUT2D eigenvalue weighted by molar-refractivity contribution is -0.140. The van der Waals surface area contributed by atoms with E-state index in [4.69, 9.17) is 11.6 Å². The third-order valence-corrected chi connectivity index (χ3v) is 3.21. The van der Waals surface area contributed by atoms with E-state index in [-0.39, 0.29) is 5.56 Å². The molecule has 2 rings (SSSR count). The summed E-state index contributed by atoms with van der Waals surface area (Å²) in [6.45, 7) is 1.76. The fourth-order valence-corrected chi connectivity index (χ4v) is 2.34. The molecule has 0 aliphatic rings. The fraction of sp³-hybridized carbons (Fsp3) is 0.200. The Bertz CT molecular complexity index is 647. The minimum absolute atomic E-state index is 0.0298. The molecule has 1 unspecified atom stereocenters. The van der Waals surface area contributed by atoms with Crippen LogP contribution in [0.1, 0.15) is 28.4 Å². The first-order valence-corrected chi connectivity index (χ1v) is 6.38. The van der Waals surface area contributed by atoms with Gasteiger partial charge in [0.05, 0.1) is 5.56 Å². The van der Waals surface area contributed by atoms with Crippen LogP contribution >= 0.6 is 11.6 Å². The number of hydrogen-bond acceptors (Lipinski definition) is 1. The quantitative estimate of drug-likeness (QED) is 0.782. The third kappa shape index (κ3) is 3.54. The van der Waals surface area contributed by atoms with E-state index in [1.165, 1.54) is 6.07 Å². The van der Waals surface area contributed by atoms with Gasteiger partial charge in [-0.15, -0.1) is 0 Å². The second-order valence-electron chi connectivity index (χ2n) is 4.70. The van der Waals surface area contributed by atoms with Gasteiger partial charge >= 0.3 is 6.18 Å². The van der Waals surface area contributed by atoms with Crippen LogP contribution in [0.5, 0.6) is 0 Å². The van der Waals surface area contributed by atoms with Crippen LogP contribution in [0.2, 0.25) is 5.02 Å². The number of aryl methyl sites for hydroxylation is 1. The molecule has 2 aromatic carbocycles. The molecular weight excluding hydrogens is 308 g/mol. The molecule has 112 valence electrons. The van der Waals surface area contributed by atoms with E-state index in [2.05, 4.69) is 0 Å². The highest BCUT2D eigenvalue weighted by Gasteiger charge is 2.34. The van der Waals surface area contributed by atoms with E-state index in [0.717, 1.165) is 11.6 Å². The highest BCUT2D eigenvalue weighted by molar-refractivity contribution is 6.30. The number of benzene rings is 2. The van der Waals surface area contributed by atoms with Crippen molar-refractivity contribution in [2.45, 2.75) is 19.2 Å². The summed E-state index contributed by atoms with van der Waals surface area (Å²) >= 11 is 5.86. The summed E-state index contributed by atoms with van der Waals surface area (Å²) in [4.78, 5) is 0. The predicted octanol–water partition coefficient (Wildman–Crippen LogP) is 4.89. The van der Waals surface area contributed by atoms with E-state index in [0.29, 0.717) is 22.7 Å². The van der Waals surface area contributed by atoms with Crippen molar-refractivity contribution in [3.63, 3.8) is 0 Å². The van der Waals surface area contributed by atoms with Crippen molar-refractivity contribution in [2.24, 2.45) is 0 Å². The second kappa shape index (κ2) is 5.66. The lowest BCUT2D eigenvalue weighted by Crippen LogP contribution is -2.09. The van der Waals surface area contributed by atoms with Gasteiger partial charge in [-0.2, -0.15) is 13.2 Å². The molecule has 0 aromatic heterocycles. The number of alkyl halides is 3. The molecule has 0 saturated heterocycles. The van der Waals surface area contributed by atoms with Crippen molar-refractivity contribution >= 4 is 11.6 Å². The number of aliphatic hydroxyl groups excluding tert-OH is 1. The van der Waals surface area contributed by atoms with Crippen LogP contribution in [0.3, 0.4) is 0 Å². The van der Waals surface area contributed by atoms with Crippen molar-refractivity contribution in [3.8, 4) is 0 Å². The van der Waals surface area contributed by atoms with Crippen LogP contribution in [0.25, 0.3) is 0 Å². The molecular formula is C15H11ClF4O. The zero-order valence-electron chi connectivity index (χ0n) is 10.9. The average Bonchev–Trinajstić information content (AvgIpc) is 2.35. The molecule has 0 heterocycles. The van der Waals surface area contributed by atoms with Crippen molar-refractivity contribution < 1.29 is 22.7 Å². The molecule has 2 aromatic rings. The Morgan fingerprint density at radius 3 is 2.24 bits per heavy atom. The SMILES string of the molecule is Cc1cc(Cl)cc(C(O)c2ccc(C(F)(F)F)c(F)c2)c1. The molecule has 0 saturated carbocycles. The van der Waals surface area contributed by atoms with E-state index in [9.17, 15) is 22.7 Å². The zero-order chi connectivity index (χ0) is 15.8. The number of hydrogen-bond donors (Lipinski definition) is 1. The Balaban J connectivity index is 2.40. The fourth-order valence-electron chi connectivity index (χ4n) is 2.05. The highest BCUT2D eigenvalue weighted by Crippen LogP contribution is 2.33. The Morgan fingerprint density at radius 2 is 1.71 bits per heavy atom. The van der Waals surface area contributed by atoms with Gasteiger partial charge in [0.25, 0.3) is 0 Å². The van der Waals surface area contributed by atoms with Crippen molar-refractivity contribution in [3.05, 3.63) is 69.5 Å². The van der Waals surface area contributed by atoms with Gasteiger partial charge in [0, 0.05) is 5.02 Å². The summed E-state index contributed by atoms with van der Waals surface area (Å²) < 4.78 is 51.0. The largest absolute Gasteiger partial charge is 0.419 e. The van der Waals surface area contributed by atoms with Gasteiger partial charge in [-0.25, -0.2) is 4.39 Å². The molecule has 0 radical (unpaired) electrons. The number of aliphatic hydroxyl groups is 1. The number of halogens is 5. The predicted molar refractivity (Wildman–Crippen MR) is 71.7 cm³/mol. The average molecular weight is 319 g/mol. The summed E-state index contributed by atoms with van der Waals surface area (Å²) in [6.07, 6.45) is -6.01. The Morgan fingerprint density at radius 1 is 1.05 bits per heavy atom. The second-order valence-corrected chi connectivity index (χ2v) is 5.14. The van der Waals surface area contributed by atoms with Gasteiger partial charge in [0.2, 0.25) is 0 Å². The van der Waals surface area contributed by atoms with E-state index >= 15 is 0 Å². The van der Waals surface area contributed by atoms with Crippen LogP contribution in [0, 0.1) is 12.7 Å². The van der Waals surface area contributed by atoms with Gasteiger partial charge in [0.1, 0.15) is 11.9 Å². The Labute approximate surface area is 123 Å². The number of rotatable bonds is 2. The molecule has 0 amide bonds. The van der Waals surface area contributed by atoms with Crippen LogP contribution < -0.4 is 0 Å². The van der Waals surface area contributed by atoms with Crippen LogP contribution in [-0.4, -0.2) is 5.11 Å². The summed E-state index contributed by atoms with van der Waals surface area (Å²) in [6, 6.07) is 7.13. The lowest BCUT2D eigenvalue weighted by atomic mass is 9.98. The molecule has 0 aliphatic heterocycles. The summed E-state index contributed by atoms with van der Waals surface area (Å²) in [7, 11) is 0. The molecule has 0 fully saturated rings. The highest BCUT2D eigenvalue weighted by atomic mass is 35.5. The van der Waals surface area contributed by atoms with Gasteiger partial charge < -0.3 is 5.11 Å². The molecule has 1 nitrogen and oxygen atoms in total. The van der Waals surface area contributed by atoms with Crippen molar-refractivity contribution in [2.75, 3.05) is 0 Å². The molecule has 0 spiro atoms. The Kier molecular flexibility index (Phi) is 4.25. The molecule has 21 heavy (non-hydrogen) atoms. The van der Waals surface area contributed by atoms with E-state index in [1.54, 1.807) is 19.1 Å². The minimum atomic E-state index is -4.76. The van der Waals surface area contributed by atoms with Gasteiger partial charge in [-0.3, -0.25) is 0 Å². The summed E-state index contributed by atoms with van der Waals surface area (Å²) in [5.74, 6) is -1.42. The topological polar surface area (TPSA) is 20.2 Å².